The molecule has 3 N–H and O–H groups in total. The highest BCUT2D eigenvalue weighted by Crippen LogP contribution is 2.38. The molecule has 130 valence electrons. The molecule has 0 radical (unpaired) electrons. The predicted molar refractivity (Wildman–Crippen MR) is 88.0 cm³/mol. The van der Waals surface area contributed by atoms with Gasteiger partial charge in [0.15, 0.2) is 0 Å². The first-order chi connectivity index (χ1) is 11.5. The van der Waals surface area contributed by atoms with Gasteiger partial charge in [0.1, 0.15) is 5.82 Å². The molecule has 1 aromatic carbocycles. The highest BCUT2D eigenvalue weighted by molar-refractivity contribution is 6.04. The molecule has 2 saturated carbocycles. The number of amides is 2. The minimum absolute atomic E-state index is 0.0360. The quantitative estimate of drug-likeness (QED) is 0.791. The topological polar surface area (TPSA) is 78.4 Å². The normalized spacial score (nSPS) is 29.0. The average Bonchev–Trinajstić information content (AvgIpc) is 3.28. The summed E-state index contributed by atoms with van der Waals surface area (Å²) in [7, 11) is 0. The van der Waals surface area contributed by atoms with Crippen LogP contribution in [-0.4, -0.2) is 29.1 Å². The molecular weight excluding hydrogens is 311 g/mol. The Balaban J connectivity index is 1.74. The lowest BCUT2D eigenvalue weighted by Gasteiger charge is -2.28. The summed E-state index contributed by atoms with van der Waals surface area (Å²) < 4.78 is 13.6. The summed E-state index contributed by atoms with van der Waals surface area (Å²) in [4.78, 5) is 24.6. The molecule has 0 bridgehead atoms. The lowest BCUT2D eigenvalue weighted by atomic mass is 9.92. The summed E-state index contributed by atoms with van der Waals surface area (Å²) in [5, 5.41) is 15.5. The van der Waals surface area contributed by atoms with Crippen molar-refractivity contribution < 1.29 is 19.1 Å². The molecule has 3 rings (SSSR count). The van der Waals surface area contributed by atoms with Crippen molar-refractivity contribution in [2.45, 2.75) is 51.2 Å². The number of carbonyl (C=O) groups excluding carboxylic acids is 2. The van der Waals surface area contributed by atoms with E-state index >= 15 is 0 Å². The molecule has 1 aromatic rings. The molecule has 0 spiro atoms. The fourth-order valence-corrected chi connectivity index (χ4v) is 3.25. The van der Waals surface area contributed by atoms with Gasteiger partial charge in [-0.15, -0.1) is 0 Å². The van der Waals surface area contributed by atoms with Crippen LogP contribution in [-0.2, 0) is 4.79 Å². The first-order valence-electron chi connectivity index (χ1n) is 8.55. The van der Waals surface area contributed by atoms with E-state index in [-0.39, 0.29) is 23.4 Å². The van der Waals surface area contributed by atoms with E-state index in [0.29, 0.717) is 24.4 Å². The fraction of sp³-hybridized carbons (Fsp3) is 0.556. The van der Waals surface area contributed by atoms with Crippen molar-refractivity contribution in [1.29, 1.82) is 0 Å². The van der Waals surface area contributed by atoms with E-state index in [1.807, 2.05) is 6.92 Å². The second-order valence-electron chi connectivity index (χ2n) is 6.93. The van der Waals surface area contributed by atoms with Crippen LogP contribution in [0.2, 0.25) is 0 Å². The average molecular weight is 334 g/mol. The van der Waals surface area contributed by atoms with E-state index in [1.54, 1.807) is 0 Å². The van der Waals surface area contributed by atoms with E-state index in [0.717, 1.165) is 25.3 Å². The van der Waals surface area contributed by atoms with E-state index in [2.05, 4.69) is 10.6 Å². The van der Waals surface area contributed by atoms with Crippen LogP contribution in [0.25, 0.3) is 0 Å². The molecule has 6 heteroatoms. The van der Waals surface area contributed by atoms with Crippen molar-refractivity contribution in [3.05, 3.63) is 29.6 Å². The summed E-state index contributed by atoms with van der Waals surface area (Å²) in [6.07, 6.45) is 3.48. The Hall–Kier alpha value is -1.95. The van der Waals surface area contributed by atoms with E-state index in [1.165, 1.54) is 12.1 Å². The Morgan fingerprint density at radius 1 is 1.25 bits per heavy atom. The highest BCUT2D eigenvalue weighted by atomic mass is 19.1. The van der Waals surface area contributed by atoms with Crippen LogP contribution in [0.3, 0.4) is 0 Å². The van der Waals surface area contributed by atoms with Gasteiger partial charge in [0, 0.05) is 5.92 Å². The smallest absolute Gasteiger partial charge is 0.253 e. The van der Waals surface area contributed by atoms with Crippen LogP contribution in [0.1, 0.15) is 49.4 Å². The monoisotopic (exact) mass is 334 g/mol. The van der Waals surface area contributed by atoms with Crippen molar-refractivity contribution in [2.75, 3.05) is 5.32 Å². The number of aliphatic hydroxyl groups excluding tert-OH is 1. The maximum Gasteiger partial charge on any atom is 0.253 e. The highest BCUT2D eigenvalue weighted by Gasteiger charge is 2.39. The van der Waals surface area contributed by atoms with Gasteiger partial charge in [-0.25, -0.2) is 4.39 Å². The van der Waals surface area contributed by atoms with Gasteiger partial charge >= 0.3 is 0 Å². The van der Waals surface area contributed by atoms with Gasteiger partial charge < -0.3 is 15.7 Å². The van der Waals surface area contributed by atoms with Crippen molar-refractivity contribution >= 4 is 17.5 Å². The van der Waals surface area contributed by atoms with E-state index in [9.17, 15) is 19.1 Å². The summed E-state index contributed by atoms with van der Waals surface area (Å²) in [6, 6.07) is 3.42. The van der Waals surface area contributed by atoms with Crippen LogP contribution in [0.4, 0.5) is 10.1 Å². The summed E-state index contributed by atoms with van der Waals surface area (Å²) >= 11 is 0. The van der Waals surface area contributed by atoms with Gasteiger partial charge in [-0.1, -0.05) is 19.8 Å². The van der Waals surface area contributed by atoms with Gasteiger partial charge in [0.25, 0.3) is 5.91 Å². The zero-order valence-corrected chi connectivity index (χ0v) is 13.7. The van der Waals surface area contributed by atoms with Crippen molar-refractivity contribution in [1.82, 2.24) is 5.32 Å². The molecule has 2 aliphatic rings. The molecule has 0 heterocycles. The third-order valence-corrected chi connectivity index (χ3v) is 4.98. The SMILES string of the molecule is CC1CC1C(=O)Nc1ccc(F)cc1C(=O)NC1CCCCC1O. The summed E-state index contributed by atoms with van der Waals surface area (Å²) in [6.45, 7) is 1.99. The first-order valence-corrected chi connectivity index (χ1v) is 8.55. The summed E-state index contributed by atoms with van der Waals surface area (Å²) in [5.41, 5.74) is 0.401. The standard InChI is InChI=1S/C18H23FN2O3/c1-10-8-12(10)17(23)20-14-7-6-11(19)9-13(14)18(24)21-15-4-2-3-5-16(15)22/h6-7,9-10,12,15-16,22H,2-5,8H2,1H3,(H,20,23)(H,21,24). The number of rotatable bonds is 4. The number of aliphatic hydroxyl groups is 1. The molecule has 5 nitrogen and oxygen atoms in total. The number of carbonyl (C=O) groups is 2. The largest absolute Gasteiger partial charge is 0.391 e. The molecular formula is C18H23FN2O3. The zero-order valence-electron chi connectivity index (χ0n) is 13.7. The second kappa shape index (κ2) is 6.89. The predicted octanol–water partition coefficient (Wildman–Crippen LogP) is 2.45. The third-order valence-electron chi connectivity index (χ3n) is 4.98. The van der Waals surface area contributed by atoms with Gasteiger partial charge in [0.05, 0.1) is 23.4 Å². The van der Waals surface area contributed by atoms with Gasteiger partial charge in [-0.2, -0.15) is 0 Å². The molecule has 24 heavy (non-hydrogen) atoms. The Morgan fingerprint density at radius 3 is 2.62 bits per heavy atom. The van der Waals surface area contributed by atoms with Crippen LogP contribution in [0, 0.1) is 17.7 Å². The van der Waals surface area contributed by atoms with Gasteiger partial charge in [-0.05, 0) is 43.4 Å². The Bertz CT molecular complexity index is 649. The van der Waals surface area contributed by atoms with Crippen LogP contribution < -0.4 is 10.6 Å². The van der Waals surface area contributed by atoms with Crippen LogP contribution in [0.5, 0.6) is 0 Å². The summed E-state index contributed by atoms with van der Waals surface area (Å²) in [5.74, 6) is -0.839. The van der Waals surface area contributed by atoms with E-state index in [4.69, 9.17) is 0 Å². The number of hydrogen-bond donors (Lipinski definition) is 3. The number of hydrogen-bond acceptors (Lipinski definition) is 3. The maximum atomic E-state index is 13.6. The minimum atomic E-state index is -0.582. The number of nitrogens with one attached hydrogen (secondary N) is 2. The minimum Gasteiger partial charge on any atom is -0.391 e. The van der Waals surface area contributed by atoms with Gasteiger partial charge in [-0.3, -0.25) is 9.59 Å². The lowest BCUT2D eigenvalue weighted by molar-refractivity contribution is -0.117. The Morgan fingerprint density at radius 2 is 1.96 bits per heavy atom. The first kappa shape index (κ1) is 16.9. The number of benzene rings is 1. The molecule has 2 amide bonds. The van der Waals surface area contributed by atoms with Crippen LogP contribution >= 0.6 is 0 Å². The fourth-order valence-electron chi connectivity index (χ4n) is 3.25. The second-order valence-corrected chi connectivity index (χ2v) is 6.93. The molecule has 4 atom stereocenters. The Labute approximate surface area is 140 Å². The molecule has 0 saturated heterocycles. The molecule has 2 fully saturated rings. The molecule has 4 unspecified atom stereocenters. The zero-order chi connectivity index (χ0) is 17.3. The van der Waals surface area contributed by atoms with Crippen molar-refractivity contribution in [3.8, 4) is 0 Å². The maximum absolute atomic E-state index is 13.6. The van der Waals surface area contributed by atoms with Crippen molar-refractivity contribution in [3.63, 3.8) is 0 Å². The van der Waals surface area contributed by atoms with Crippen molar-refractivity contribution in [2.24, 2.45) is 11.8 Å². The number of anilines is 1. The van der Waals surface area contributed by atoms with Gasteiger partial charge in [0.2, 0.25) is 5.91 Å². The lowest BCUT2D eigenvalue weighted by Crippen LogP contribution is -2.45. The Kier molecular flexibility index (Phi) is 4.85. The van der Waals surface area contributed by atoms with Crippen LogP contribution in [0.15, 0.2) is 18.2 Å². The number of halogens is 1. The molecule has 2 aliphatic carbocycles. The third kappa shape index (κ3) is 3.75. The molecule has 0 aromatic heterocycles. The van der Waals surface area contributed by atoms with E-state index < -0.39 is 17.8 Å². The molecule has 0 aliphatic heterocycles.